The summed E-state index contributed by atoms with van der Waals surface area (Å²) in [7, 11) is -4.26. The molecular formula is C17H21F3O5S. The van der Waals surface area contributed by atoms with Gasteiger partial charge in [-0.3, -0.25) is 4.18 Å². The molecule has 0 aromatic heterocycles. The Bertz CT molecular complexity index is 727. The van der Waals surface area contributed by atoms with Gasteiger partial charge in [-0.05, 0) is 31.9 Å². The van der Waals surface area contributed by atoms with E-state index in [0.29, 0.717) is 13.2 Å². The minimum Gasteiger partial charge on any atom is -0.348 e. The van der Waals surface area contributed by atoms with E-state index in [0.717, 1.165) is 5.56 Å². The van der Waals surface area contributed by atoms with Crippen LogP contribution in [0, 0.1) is 12.3 Å². The van der Waals surface area contributed by atoms with Crippen molar-refractivity contribution in [3.8, 4) is 0 Å². The standard InChI is InChI=1S/C17H21F3O5S/c1-13-2-4-14(5-3-13)26(21,22)25-12-15(17(18,19)20)6-8-16(9-7-15)23-10-11-24-16/h2-5H,6-12H2,1H3. The number of hydrogen-bond acceptors (Lipinski definition) is 5. The highest BCUT2D eigenvalue weighted by Gasteiger charge is 2.59. The summed E-state index contributed by atoms with van der Waals surface area (Å²) in [5.74, 6) is -0.968. The predicted molar refractivity (Wildman–Crippen MR) is 85.9 cm³/mol. The molecule has 1 aliphatic heterocycles. The Kier molecular flexibility index (Phi) is 5.11. The average Bonchev–Trinajstić information content (AvgIpc) is 3.02. The first-order valence-corrected chi connectivity index (χ1v) is 9.79. The zero-order valence-corrected chi connectivity index (χ0v) is 15.2. The van der Waals surface area contributed by atoms with Crippen LogP contribution in [0.25, 0.3) is 0 Å². The molecule has 9 heteroatoms. The highest BCUT2D eigenvalue weighted by atomic mass is 32.2. The van der Waals surface area contributed by atoms with Gasteiger partial charge in [0, 0.05) is 12.8 Å². The van der Waals surface area contributed by atoms with E-state index in [4.69, 9.17) is 13.7 Å². The number of benzene rings is 1. The molecule has 146 valence electrons. The Labute approximate surface area is 150 Å². The van der Waals surface area contributed by atoms with Gasteiger partial charge in [0.05, 0.1) is 30.1 Å². The van der Waals surface area contributed by atoms with E-state index in [2.05, 4.69) is 0 Å². The predicted octanol–water partition coefficient (Wildman–Crippen LogP) is 3.57. The summed E-state index contributed by atoms with van der Waals surface area (Å²) in [6, 6.07) is 5.77. The number of aryl methyl sites for hydroxylation is 1. The summed E-state index contributed by atoms with van der Waals surface area (Å²) < 4.78 is 81.5. The lowest BCUT2D eigenvalue weighted by atomic mass is 9.72. The van der Waals surface area contributed by atoms with Crippen LogP contribution in [0.2, 0.25) is 0 Å². The molecule has 2 fully saturated rings. The highest BCUT2D eigenvalue weighted by Crippen LogP contribution is 2.53. The molecule has 0 bridgehead atoms. The van der Waals surface area contributed by atoms with Crippen LogP contribution in [-0.4, -0.2) is 40.2 Å². The smallest absolute Gasteiger partial charge is 0.348 e. The number of hydrogen-bond donors (Lipinski definition) is 0. The molecule has 0 atom stereocenters. The Morgan fingerprint density at radius 2 is 1.58 bits per heavy atom. The number of halogens is 3. The lowest BCUT2D eigenvalue weighted by molar-refractivity contribution is -0.273. The molecular weight excluding hydrogens is 373 g/mol. The number of alkyl halides is 3. The fraction of sp³-hybridized carbons (Fsp3) is 0.647. The van der Waals surface area contributed by atoms with Crippen molar-refractivity contribution >= 4 is 10.1 Å². The van der Waals surface area contributed by atoms with Gasteiger partial charge in [-0.25, -0.2) is 0 Å². The van der Waals surface area contributed by atoms with Crippen LogP contribution >= 0.6 is 0 Å². The van der Waals surface area contributed by atoms with Crippen molar-refractivity contribution in [1.82, 2.24) is 0 Å². The molecule has 0 unspecified atom stereocenters. The average molecular weight is 394 g/mol. The van der Waals surface area contributed by atoms with E-state index in [1.54, 1.807) is 19.1 Å². The highest BCUT2D eigenvalue weighted by molar-refractivity contribution is 7.86. The molecule has 1 aliphatic carbocycles. The first kappa shape index (κ1) is 19.6. The van der Waals surface area contributed by atoms with E-state index < -0.39 is 34.1 Å². The third kappa shape index (κ3) is 3.76. The zero-order valence-electron chi connectivity index (χ0n) is 14.3. The third-order valence-corrected chi connectivity index (χ3v) is 6.46. The van der Waals surface area contributed by atoms with Crippen molar-refractivity contribution in [3.63, 3.8) is 0 Å². The fourth-order valence-corrected chi connectivity index (χ4v) is 4.35. The summed E-state index contributed by atoms with van der Waals surface area (Å²) in [6.45, 7) is 1.55. The number of ether oxygens (including phenoxy) is 2. The minimum atomic E-state index is -4.59. The zero-order chi connectivity index (χ0) is 19.1. The maximum atomic E-state index is 13.7. The van der Waals surface area contributed by atoms with Gasteiger partial charge in [-0.1, -0.05) is 17.7 Å². The molecule has 0 radical (unpaired) electrons. The molecule has 1 spiro atoms. The van der Waals surface area contributed by atoms with E-state index in [1.165, 1.54) is 12.1 Å². The van der Waals surface area contributed by atoms with Gasteiger partial charge in [0.15, 0.2) is 5.79 Å². The van der Waals surface area contributed by atoms with Crippen LogP contribution in [0.3, 0.4) is 0 Å². The van der Waals surface area contributed by atoms with E-state index in [-0.39, 0.29) is 30.6 Å². The van der Waals surface area contributed by atoms with E-state index in [9.17, 15) is 21.6 Å². The molecule has 2 aliphatic rings. The van der Waals surface area contributed by atoms with E-state index in [1.807, 2.05) is 0 Å². The molecule has 1 aromatic carbocycles. The SMILES string of the molecule is Cc1ccc(S(=O)(=O)OCC2(C(F)(F)F)CCC3(CC2)OCCO3)cc1. The van der Waals surface area contributed by atoms with Gasteiger partial charge in [0.1, 0.15) is 0 Å². The van der Waals surface area contributed by atoms with Crippen molar-refractivity contribution < 1.29 is 35.2 Å². The van der Waals surface area contributed by atoms with E-state index >= 15 is 0 Å². The van der Waals surface area contributed by atoms with Crippen LogP contribution in [0.1, 0.15) is 31.2 Å². The van der Waals surface area contributed by atoms with Gasteiger partial charge >= 0.3 is 6.18 Å². The lowest BCUT2D eigenvalue weighted by Crippen LogP contribution is -2.49. The van der Waals surface area contributed by atoms with Crippen molar-refractivity contribution in [1.29, 1.82) is 0 Å². The Morgan fingerprint density at radius 1 is 1.04 bits per heavy atom. The first-order valence-electron chi connectivity index (χ1n) is 8.38. The quantitative estimate of drug-likeness (QED) is 0.731. The van der Waals surface area contributed by atoms with Crippen molar-refractivity contribution in [2.75, 3.05) is 19.8 Å². The maximum Gasteiger partial charge on any atom is 0.396 e. The largest absolute Gasteiger partial charge is 0.396 e. The van der Waals surface area contributed by atoms with Crippen molar-refractivity contribution in [3.05, 3.63) is 29.8 Å². The van der Waals surface area contributed by atoms with Crippen LogP contribution in [-0.2, 0) is 23.8 Å². The Morgan fingerprint density at radius 3 is 2.08 bits per heavy atom. The van der Waals surface area contributed by atoms with Crippen molar-refractivity contribution in [2.45, 2.75) is 49.5 Å². The van der Waals surface area contributed by atoms with Gasteiger partial charge in [-0.15, -0.1) is 0 Å². The molecule has 1 aromatic rings. The molecule has 5 nitrogen and oxygen atoms in total. The molecule has 26 heavy (non-hydrogen) atoms. The van der Waals surface area contributed by atoms with Gasteiger partial charge < -0.3 is 9.47 Å². The summed E-state index contributed by atoms with van der Waals surface area (Å²) in [4.78, 5) is -0.157. The topological polar surface area (TPSA) is 61.8 Å². The molecule has 3 rings (SSSR count). The summed E-state index contributed by atoms with van der Waals surface area (Å²) in [6.07, 6.45) is -5.09. The Hall–Kier alpha value is -1.16. The van der Waals surface area contributed by atoms with Crippen LogP contribution < -0.4 is 0 Å². The van der Waals surface area contributed by atoms with Gasteiger partial charge in [0.25, 0.3) is 10.1 Å². The second-order valence-corrected chi connectivity index (χ2v) is 8.53. The minimum absolute atomic E-state index is 0.0560. The maximum absolute atomic E-state index is 13.7. The summed E-state index contributed by atoms with van der Waals surface area (Å²) in [5.41, 5.74) is -1.39. The molecule has 0 N–H and O–H groups in total. The second kappa shape index (κ2) is 6.78. The summed E-state index contributed by atoms with van der Waals surface area (Å²) >= 11 is 0. The molecule has 1 saturated carbocycles. The van der Waals surface area contributed by atoms with Crippen LogP contribution in [0.4, 0.5) is 13.2 Å². The molecule has 1 heterocycles. The third-order valence-electron chi connectivity index (χ3n) is 5.18. The Balaban J connectivity index is 1.74. The lowest BCUT2D eigenvalue weighted by Gasteiger charge is -2.43. The first-order chi connectivity index (χ1) is 12.1. The summed E-state index contributed by atoms with van der Waals surface area (Å²) in [5, 5.41) is 0. The number of rotatable bonds is 4. The van der Waals surface area contributed by atoms with Crippen molar-refractivity contribution in [2.24, 2.45) is 5.41 Å². The second-order valence-electron chi connectivity index (χ2n) is 6.92. The van der Waals surface area contributed by atoms with Crippen LogP contribution in [0.5, 0.6) is 0 Å². The van der Waals surface area contributed by atoms with Crippen LogP contribution in [0.15, 0.2) is 29.2 Å². The molecule has 1 saturated heterocycles. The normalized spacial score (nSPS) is 22.6. The van der Waals surface area contributed by atoms with Gasteiger partial charge in [-0.2, -0.15) is 21.6 Å². The van der Waals surface area contributed by atoms with Gasteiger partial charge in [0.2, 0.25) is 0 Å². The monoisotopic (exact) mass is 394 g/mol. The fourth-order valence-electron chi connectivity index (χ4n) is 3.37. The molecule has 0 amide bonds.